The second-order valence-electron chi connectivity index (χ2n) is 5.95. The Morgan fingerprint density at radius 1 is 1.38 bits per heavy atom. The first-order valence-corrected chi connectivity index (χ1v) is 7.89. The molecule has 0 aliphatic carbocycles. The van der Waals surface area contributed by atoms with E-state index in [1.54, 1.807) is 0 Å². The molecule has 1 heterocycles. The third kappa shape index (κ3) is 3.76. The van der Waals surface area contributed by atoms with Gasteiger partial charge in [0.05, 0.1) is 6.54 Å². The summed E-state index contributed by atoms with van der Waals surface area (Å²) in [6, 6.07) is 7.19. The Kier molecular flexibility index (Phi) is 5.23. The molecule has 0 bridgehead atoms. The van der Waals surface area contributed by atoms with Gasteiger partial charge in [-0.25, -0.2) is 0 Å². The highest BCUT2D eigenvalue weighted by molar-refractivity contribution is 5.82. The molecule has 116 valence electrons. The van der Waals surface area contributed by atoms with E-state index in [1.807, 2.05) is 14.0 Å². The molecule has 2 N–H and O–H groups in total. The Morgan fingerprint density at radius 2 is 2.14 bits per heavy atom. The monoisotopic (exact) mass is 289 g/mol. The van der Waals surface area contributed by atoms with Gasteiger partial charge in [0.2, 0.25) is 5.91 Å². The van der Waals surface area contributed by atoms with Gasteiger partial charge in [0.15, 0.2) is 0 Å². The highest BCUT2D eigenvalue weighted by Gasteiger charge is 2.22. The van der Waals surface area contributed by atoms with Crippen LogP contribution in [-0.4, -0.2) is 32.1 Å². The molecule has 4 heteroatoms. The lowest BCUT2D eigenvalue weighted by Gasteiger charge is -2.21. The van der Waals surface area contributed by atoms with E-state index in [4.69, 9.17) is 0 Å². The van der Waals surface area contributed by atoms with E-state index < -0.39 is 0 Å². The largest absolute Gasteiger partial charge is 0.362 e. The molecule has 1 aliphatic rings. The molecule has 2 atom stereocenters. The Morgan fingerprint density at radius 3 is 2.81 bits per heavy atom. The Labute approximate surface area is 127 Å². The van der Waals surface area contributed by atoms with Gasteiger partial charge in [-0.05, 0) is 50.9 Å². The van der Waals surface area contributed by atoms with Crippen molar-refractivity contribution < 1.29 is 4.79 Å². The van der Waals surface area contributed by atoms with E-state index in [0.717, 1.165) is 19.4 Å². The first-order valence-electron chi connectivity index (χ1n) is 7.89. The summed E-state index contributed by atoms with van der Waals surface area (Å²) in [6.45, 7) is 7.68. The van der Waals surface area contributed by atoms with E-state index in [1.165, 1.54) is 16.8 Å². The summed E-state index contributed by atoms with van der Waals surface area (Å²) >= 11 is 0. The Bertz CT molecular complexity index is 501. The fourth-order valence-corrected chi connectivity index (χ4v) is 2.69. The van der Waals surface area contributed by atoms with Crippen LogP contribution in [0.25, 0.3) is 0 Å². The smallest absolute Gasteiger partial charge is 0.239 e. The Balaban J connectivity index is 2.03. The first kappa shape index (κ1) is 15.8. The minimum absolute atomic E-state index is 0.116. The van der Waals surface area contributed by atoms with Crippen LogP contribution in [0.1, 0.15) is 44.4 Å². The van der Waals surface area contributed by atoms with Crippen LogP contribution in [0.4, 0.5) is 5.69 Å². The lowest BCUT2D eigenvalue weighted by Crippen LogP contribution is -2.40. The minimum Gasteiger partial charge on any atom is -0.362 e. The fraction of sp³-hybridized carbons (Fsp3) is 0.588. The normalized spacial score (nSPS) is 16.5. The standard InChI is InChI=1S/C17H27N3O/c1-5-12(2)19-17(21)11-20-9-8-15-10-14(13(3)18-4)6-7-16(15)20/h6-7,10,12-13,18H,5,8-9,11H2,1-4H3,(H,19,21). The van der Waals surface area contributed by atoms with Gasteiger partial charge in [0.1, 0.15) is 0 Å². The van der Waals surface area contributed by atoms with Gasteiger partial charge in [-0.15, -0.1) is 0 Å². The lowest BCUT2D eigenvalue weighted by molar-refractivity contribution is -0.120. The van der Waals surface area contributed by atoms with Crippen molar-refractivity contribution in [3.63, 3.8) is 0 Å². The predicted molar refractivity (Wildman–Crippen MR) is 87.7 cm³/mol. The van der Waals surface area contributed by atoms with Gasteiger partial charge in [0, 0.05) is 24.3 Å². The summed E-state index contributed by atoms with van der Waals surface area (Å²) in [7, 11) is 1.98. The summed E-state index contributed by atoms with van der Waals surface area (Å²) in [6.07, 6.45) is 1.99. The molecule has 0 aromatic heterocycles. The lowest BCUT2D eigenvalue weighted by atomic mass is 10.0. The SMILES string of the molecule is CCC(C)NC(=O)CN1CCc2cc(C(C)NC)ccc21. The van der Waals surface area contributed by atoms with Crippen LogP contribution in [0.2, 0.25) is 0 Å². The van der Waals surface area contributed by atoms with Gasteiger partial charge >= 0.3 is 0 Å². The van der Waals surface area contributed by atoms with Crippen LogP contribution in [0.5, 0.6) is 0 Å². The molecule has 1 aromatic rings. The molecule has 2 rings (SSSR count). The summed E-state index contributed by atoms with van der Waals surface area (Å²) < 4.78 is 0. The van der Waals surface area contributed by atoms with Crippen molar-refractivity contribution in [3.8, 4) is 0 Å². The molecule has 0 saturated carbocycles. The first-order chi connectivity index (χ1) is 10.0. The number of carbonyl (C=O) groups is 1. The number of rotatable bonds is 6. The number of hydrogen-bond acceptors (Lipinski definition) is 3. The van der Waals surface area contributed by atoms with Gasteiger partial charge < -0.3 is 15.5 Å². The molecule has 0 fully saturated rings. The number of anilines is 1. The van der Waals surface area contributed by atoms with E-state index in [0.29, 0.717) is 12.6 Å². The average molecular weight is 289 g/mol. The molecular weight excluding hydrogens is 262 g/mol. The molecule has 1 aromatic carbocycles. The van der Waals surface area contributed by atoms with Crippen molar-refractivity contribution in [1.29, 1.82) is 0 Å². The summed E-state index contributed by atoms with van der Waals surface area (Å²) in [5.74, 6) is 0.116. The molecule has 2 unspecified atom stereocenters. The van der Waals surface area contributed by atoms with Gasteiger partial charge in [-0.2, -0.15) is 0 Å². The molecule has 21 heavy (non-hydrogen) atoms. The third-order valence-electron chi connectivity index (χ3n) is 4.38. The van der Waals surface area contributed by atoms with E-state index in [9.17, 15) is 4.79 Å². The van der Waals surface area contributed by atoms with Gasteiger partial charge in [-0.3, -0.25) is 4.79 Å². The highest BCUT2D eigenvalue weighted by atomic mass is 16.2. The second kappa shape index (κ2) is 6.94. The van der Waals surface area contributed by atoms with E-state index >= 15 is 0 Å². The number of fused-ring (bicyclic) bond motifs is 1. The van der Waals surface area contributed by atoms with Gasteiger partial charge in [0.25, 0.3) is 0 Å². The molecule has 1 amide bonds. The van der Waals surface area contributed by atoms with Crippen molar-refractivity contribution in [2.24, 2.45) is 0 Å². The number of carbonyl (C=O) groups excluding carboxylic acids is 1. The topological polar surface area (TPSA) is 44.4 Å². The zero-order valence-electron chi connectivity index (χ0n) is 13.6. The van der Waals surface area contributed by atoms with E-state index in [-0.39, 0.29) is 11.9 Å². The fourth-order valence-electron chi connectivity index (χ4n) is 2.69. The number of hydrogen-bond donors (Lipinski definition) is 2. The highest BCUT2D eigenvalue weighted by Crippen LogP contribution is 2.30. The maximum absolute atomic E-state index is 12.0. The quantitative estimate of drug-likeness (QED) is 0.844. The maximum atomic E-state index is 12.0. The van der Waals surface area contributed by atoms with Crippen molar-refractivity contribution in [2.45, 2.75) is 45.7 Å². The van der Waals surface area contributed by atoms with Crippen molar-refractivity contribution in [2.75, 3.05) is 25.0 Å². The van der Waals surface area contributed by atoms with E-state index in [2.05, 4.69) is 47.6 Å². The molecular formula is C17H27N3O. The molecule has 4 nitrogen and oxygen atoms in total. The van der Waals surface area contributed by atoms with Crippen molar-refractivity contribution in [3.05, 3.63) is 29.3 Å². The van der Waals surface area contributed by atoms with Gasteiger partial charge in [-0.1, -0.05) is 19.1 Å². The van der Waals surface area contributed by atoms with Crippen molar-refractivity contribution >= 4 is 11.6 Å². The van der Waals surface area contributed by atoms with Crippen LogP contribution in [0.15, 0.2) is 18.2 Å². The van der Waals surface area contributed by atoms with Crippen LogP contribution >= 0.6 is 0 Å². The molecule has 0 saturated heterocycles. The average Bonchev–Trinajstić information content (AvgIpc) is 2.88. The predicted octanol–water partition coefficient (Wildman–Crippen LogP) is 2.24. The summed E-state index contributed by atoms with van der Waals surface area (Å²) in [5.41, 5.74) is 3.87. The molecule has 0 spiro atoms. The maximum Gasteiger partial charge on any atom is 0.239 e. The summed E-state index contributed by atoms with van der Waals surface area (Å²) in [5, 5.41) is 6.30. The number of nitrogens with one attached hydrogen (secondary N) is 2. The summed E-state index contributed by atoms with van der Waals surface area (Å²) in [4.78, 5) is 14.2. The number of benzene rings is 1. The molecule has 1 aliphatic heterocycles. The third-order valence-corrected chi connectivity index (χ3v) is 4.38. The number of nitrogens with zero attached hydrogens (tertiary/aromatic N) is 1. The van der Waals surface area contributed by atoms with Crippen LogP contribution in [-0.2, 0) is 11.2 Å². The zero-order chi connectivity index (χ0) is 15.4. The minimum atomic E-state index is 0.116. The Hall–Kier alpha value is -1.55. The number of amides is 1. The zero-order valence-corrected chi connectivity index (χ0v) is 13.6. The second-order valence-corrected chi connectivity index (χ2v) is 5.95. The van der Waals surface area contributed by atoms with Crippen LogP contribution in [0, 0.1) is 0 Å². The van der Waals surface area contributed by atoms with Crippen LogP contribution < -0.4 is 15.5 Å². The van der Waals surface area contributed by atoms with Crippen LogP contribution in [0.3, 0.4) is 0 Å². The molecule has 0 radical (unpaired) electrons. The van der Waals surface area contributed by atoms with Crippen molar-refractivity contribution in [1.82, 2.24) is 10.6 Å².